The molecule has 0 radical (unpaired) electrons. The summed E-state index contributed by atoms with van der Waals surface area (Å²) in [5.74, 6) is 0.852. The Bertz CT molecular complexity index is 685. The van der Waals surface area contributed by atoms with Gasteiger partial charge in [0.15, 0.2) is 0 Å². The van der Waals surface area contributed by atoms with Crippen LogP contribution in [-0.2, 0) is 0 Å². The van der Waals surface area contributed by atoms with E-state index in [-0.39, 0.29) is 10.7 Å². The highest BCUT2D eigenvalue weighted by Gasteiger charge is 2.11. The van der Waals surface area contributed by atoms with Crippen LogP contribution in [0, 0.1) is 17.0 Å². The summed E-state index contributed by atoms with van der Waals surface area (Å²) in [6, 6.07) is 8.93. The molecule has 0 heterocycles. The van der Waals surface area contributed by atoms with Crippen molar-refractivity contribution in [3.8, 4) is 11.5 Å². The number of rotatable bonds is 4. The number of hydrogen-bond acceptors (Lipinski definition) is 4. The molecular weight excluding hydrogens is 282 g/mol. The van der Waals surface area contributed by atoms with Gasteiger partial charge in [0, 0.05) is 17.7 Å². The van der Waals surface area contributed by atoms with E-state index in [9.17, 15) is 14.9 Å². The zero-order valence-electron chi connectivity index (χ0n) is 10.5. The molecule has 0 bridgehead atoms. The van der Waals surface area contributed by atoms with Crippen molar-refractivity contribution in [2.75, 3.05) is 0 Å². The third kappa shape index (κ3) is 2.95. The molecule has 0 unspecified atom stereocenters. The van der Waals surface area contributed by atoms with Crippen LogP contribution in [0.4, 0.5) is 5.69 Å². The van der Waals surface area contributed by atoms with Crippen molar-refractivity contribution in [2.45, 2.75) is 6.92 Å². The first-order valence-corrected chi connectivity index (χ1v) is 6.06. The Morgan fingerprint density at radius 1 is 1.20 bits per heavy atom. The van der Waals surface area contributed by atoms with E-state index in [1.807, 2.05) is 0 Å². The fourth-order valence-corrected chi connectivity index (χ4v) is 1.88. The topological polar surface area (TPSA) is 69.4 Å². The van der Waals surface area contributed by atoms with Gasteiger partial charge in [0.2, 0.25) is 0 Å². The highest BCUT2D eigenvalue weighted by atomic mass is 35.5. The SMILES string of the molecule is Cc1cc(C=O)ccc1Oc1ccc([N+](=O)[O-])cc1Cl. The summed E-state index contributed by atoms with van der Waals surface area (Å²) in [7, 11) is 0. The Morgan fingerprint density at radius 3 is 2.45 bits per heavy atom. The number of aldehydes is 1. The fourth-order valence-electron chi connectivity index (χ4n) is 1.66. The van der Waals surface area contributed by atoms with Gasteiger partial charge in [0.05, 0.1) is 9.95 Å². The molecule has 0 atom stereocenters. The molecule has 2 aromatic carbocycles. The molecule has 5 nitrogen and oxygen atoms in total. The number of non-ortho nitro benzene ring substituents is 1. The van der Waals surface area contributed by atoms with Crippen LogP contribution in [0.25, 0.3) is 0 Å². The molecule has 0 saturated carbocycles. The summed E-state index contributed by atoms with van der Waals surface area (Å²) in [5, 5.41) is 10.8. The number of nitro groups is 1. The molecule has 0 aliphatic heterocycles. The van der Waals surface area contributed by atoms with Crippen molar-refractivity contribution in [1.29, 1.82) is 0 Å². The first-order valence-electron chi connectivity index (χ1n) is 5.69. The van der Waals surface area contributed by atoms with Crippen LogP contribution in [0.5, 0.6) is 11.5 Å². The minimum atomic E-state index is -0.528. The summed E-state index contributed by atoms with van der Waals surface area (Å²) in [6.45, 7) is 1.79. The van der Waals surface area contributed by atoms with Crippen molar-refractivity contribution in [3.05, 3.63) is 62.7 Å². The van der Waals surface area contributed by atoms with Gasteiger partial charge in [-0.1, -0.05) is 11.6 Å². The number of nitro benzene ring substituents is 1. The third-order valence-electron chi connectivity index (χ3n) is 2.68. The lowest BCUT2D eigenvalue weighted by atomic mass is 10.1. The minimum Gasteiger partial charge on any atom is -0.456 e. The molecule has 102 valence electrons. The first-order chi connectivity index (χ1) is 9.51. The highest BCUT2D eigenvalue weighted by molar-refractivity contribution is 6.32. The first kappa shape index (κ1) is 14.0. The smallest absolute Gasteiger partial charge is 0.271 e. The van der Waals surface area contributed by atoms with Crippen molar-refractivity contribution < 1.29 is 14.5 Å². The number of hydrogen-bond donors (Lipinski definition) is 0. The Labute approximate surface area is 119 Å². The van der Waals surface area contributed by atoms with E-state index in [2.05, 4.69) is 0 Å². The van der Waals surface area contributed by atoms with Gasteiger partial charge in [-0.3, -0.25) is 14.9 Å². The average Bonchev–Trinajstić information content (AvgIpc) is 2.42. The molecule has 0 aromatic heterocycles. The highest BCUT2D eigenvalue weighted by Crippen LogP contribution is 2.33. The number of halogens is 1. The van der Waals surface area contributed by atoms with Gasteiger partial charge < -0.3 is 4.74 Å². The van der Waals surface area contributed by atoms with E-state index >= 15 is 0 Å². The minimum absolute atomic E-state index is 0.102. The molecule has 20 heavy (non-hydrogen) atoms. The van der Waals surface area contributed by atoms with Crippen molar-refractivity contribution >= 4 is 23.6 Å². The standard InChI is InChI=1S/C14H10ClNO4/c1-9-6-10(8-17)2-4-13(9)20-14-5-3-11(16(18)19)7-12(14)15/h2-8H,1H3. The number of carbonyl (C=O) groups excluding carboxylic acids is 1. The molecule has 2 aromatic rings. The summed E-state index contributed by atoms with van der Waals surface area (Å²) in [4.78, 5) is 20.8. The Hall–Kier alpha value is -2.40. The lowest BCUT2D eigenvalue weighted by Gasteiger charge is -2.10. The zero-order valence-corrected chi connectivity index (χ0v) is 11.3. The average molecular weight is 292 g/mol. The Balaban J connectivity index is 2.30. The third-order valence-corrected chi connectivity index (χ3v) is 2.98. The van der Waals surface area contributed by atoms with Gasteiger partial charge in [-0.15, -0.1) is 0 Å². The predicted molar refractivity (Wildman–Crippen MR) is 74.7 cm³/mol. The van der Waals surface area contributed by atoms with Crippen LogP contribution in [-0.4, -0.2) is 11.2 Å². The van der Waals surface area contributed by atoms with Gasteiger partial charge in [-0.05, 0) is 36.8 Å². The van der Waals surface area contributed by atoms with Gasteiger partial charge in [-0.2, -0.15) is 0 Å². The van der Waals surface area contributed by atoms with E-state index in [4.69, 9.17) is 16.3 Å². The van der Waals surface area contributed by atoms with Crippen LogP contribution in [0.3, 0.4) is 0 Å². The lowest BCUT2D eigenvalue weighted by Crippen LogP contribution is -1.92. The maximum Gasteiger partial charge on any atom is 0.271 e. The maximum absolute atomic E-state index is 10.7. The van der Waals surface area contributed by atoms with Crippen molar-refractivity contribution in [3.63, 3.8) is 0 Å². The fraction of sp³-hybridized carbons (Fsp3) is 0.0714. The largest absolute Gasteiger partial charge is 0.456 e. The second-order valence-electron chi connectivity index (χ2n) is 4.12. The van der Waals surface area contributed by atoms with Crippen LogP contribution in [0.1, 0.15) is 15.9 Å². The monoisotopic (exact) mass is 291 g/mol. The summed E-state index contributed by atoms with van der Waals surface area (Å²) in [6.07, 6.45) is 0.746. The quantitative estimate of drug-likeness (QED) is 0.482. The number of carbonyl (C=O) groups is 1. The van der Waals surface area contributed by atoms with Crippen LogP contribution >= 0.6 is 11.6 Å². The molecule has 0 saturated heterocycles. The Kier molecular flexibility index (Phi) is 4.00. The van der Waals surface area contributed by atoms with Crippen molar-refractivity contribution in [1.82, 2.24) is 0 Å². The second kappa shape index (κ2) is 5.71. The summed E-state index contributed by atoms with van der Waals surface area (Å²) in [5.41, 5.74) is 1.21. The van der Waals surface area contributed by atoms with Crippen LogP contribution in [0.2, 0.25) is 5.02 Å². The van der Waals surface area contributed by atoms with Crippen molar-refractivity contribution in [2.24, 2.45) is 0 Å². The van der Waals surface area contributed by atoms with E-state index in [0.29, 0.717) is 17.1 Å². The molecule has 0 fully saturated rings. The van der Waals surface area contributed by atoms with E-state index in [0.717, 1.165) is 11.8 Å². The number of ether oxygens (including phenoxy) is 1. The number of benzene rings is 2. The molecular formula is C14H10ClNO4. The van der Waals surface area contributed by atoms with E-state index in [1.165, 1.54) is 18.2 Å². The normalized spacial score (nSPS) is 10.1. The van der Waals surface area contributed by atoms with Gasteiger partial charge in [-0.25, -0.2) is 0 Å². The van der Waals surface area contributed by atoms with Crippen LogP contribution in [0.15, 0.2) is 36.4 Å². The predicted octanol–water partition coefficient (Wildman–Crippen LogP) is 4.16. The van der Waals surface area contributed by atoms with Gasteiger partial charge in [0.1, 0.15) is 17.8 Å². The van der Waals surface area contributed by atoms with Gasteiger partial charge in [0.25, 0.3) is 5.69 Å². The molecule has 0 amide bonds. The molecule has 0 aliphatic rings. The van der Waals surface area contributed by atoms with E-state index in [1.54, 1.807) is 25.1 Å². The molecule has 6 heteroatoms. The lowest BCUT2D eigenvalue weighted by molar-refractivity contribution is -0.384. The Morgan fingerprint density at radius 2 is 1.90 bits per heavy atom. The van der Waals surface area contributed by atoms with Crippen LogP contribution < -0.4 is 4.74 Å². The maximum atomic E-state index is 10.7. The molecule has 0 aliphatic carbocycles. The summed E-state index contributed by atoms with van der Waals surface area (Å²) < 4.78 is 5.60. The molecule has 0 spiro atoms. The number of nitrogens with zero attached hydrogens (tertiary/aromatic N) is 1. The second-order valence-corrected chi connectivity index (χ2v) is 4.52. The molecule has 0 N–H and O–H groups in total. The zero-order chi connectivity index (χ0) is 14.7. The number of aryl methyl sites for hydroxylation is 1. The summed E-state index contributed by atoms with van der Waals surface area (Å²) >= 11 is 5.95. The molecule has 2 rings (SSSR count). The van der Waals surface area contributed by atoms with Gasteiger partial charge >= 0.3 is 0 Å². The van der Waals surface area contributed by atoms with E-state index < -0.39 is 4.92 Å².